The second kappa shape index (κ2) is 6.17. The van der Waals surface area contributed by atoms with Gasteiger partial charge in [0.05, 0.1) is 6.54 Å². The number of nitrogens with zero attached hydrogens (tertiary/aromatic N) is 3. The summed E-state index contributed by atoms with van der Waals surface area (Å²) in [5.74, 6) is 0.970. The molecular weight excluding hydrogens is 383 g/mol. The van der Waals surface area contributed by atoms with Gasteiger partial charge in [-0.05, 0) is 20.8 Å². The molecule has 2 heterocycles. The number of hydrogen-bond donors (Lipinski definition) is 1. The van der Waals surface area contributed by atoms with Gasteiger partial charge in [0.15, 0.2) is 5.96 Å². The lowest BCUT2D eigenvalue weighted by Gasteiger charge is -2.62. The summed E-state index contributed by atoms with van der Waals surface area (Å²) in [5.41, 5.74) is 0.454. The lowest BCUT2D eigenvalue weighted by Crippen LogP contribution is -2.72. The van der Waals surface area contributed by atoms with Crippen LogP contribution in [0.4, 0.5) is 0 Å². The number of halogens is 1. The summed E-state index contributed by atoms with van der Waals surface area (Å²) in [5, 5.41) is 4.53. The van der Waals surface area contributed by atoms with Gasteiger partial charge >= 0.3 is 0 Å². The zero-order valence-corrected chi connectivity index (χ0v) is 16.3. The molecule has 0 amide bonds. The van der Waals surface area contributed by atoms with E-state index < -0.39 is 0 Å². The molecule has 1 aliphatic rings. The highest BCUT2D eigenvalue weighted by molar-refractivity contribution is 14.0. The summed E-state index contributed by atoms with van der Waals surface area (Å²) >= 11 is 1.73. The van der Waals surface area contributed by atoms with E-state index in [9.17, 15) is 0 Å². The van der Waals surface area contributed by atoms with Crippen LogP contribution in [0, 0.1) is 12.3 Å². The van der Waals surface area contributed by atoms with Crippen LogP contribution in [0.15, 0.2) is 11.2 Å². The van der Waals surface area contributed by atoms with Crippen molar-refractivity contribution < 1.29 is 0 Å². The van der Waals surface area contributed by atoms with Crippen molar-refractivity contribution in [1.82, 2.24) is 15.2 Å². The quantitative estimate of drug-likeness (QED) is 0.464. The first kappa shape index (κ1) is 17.7. The van der Waals surface area contributed by atoms with E-state index >= 15 is 0 Å². The second-order valence-corrected chi connectivity index (χ2v) is 7.61. The van der Waals surface area contributed by atoms with E-state index in [-0.39, 0.29) is 29.5 Å². The predicted octanol–water partition coefficient (Wildman–Crippen LogP) is 3.27. The normalized spacial score (nSPS) is 20.1. The van der Waals surface area contributed by atoms with Crippen LogP contribution in [-0.4, -0.2) is 35.0 Å². The van der Waals surface area contributed by atoms with Crippen LogP contribution in [-0.2, 0) is 6.54 Å². The average Bonchev–Trinajstić information content (AvgIpc) is 2.74. The number of nitrogens with one attached hydrogen (secondary N) is 1. The number of hydrogen-bond acceptors (Lipinski definition) is 3. The Morgan fingerprint density at radius 3 is 2.50 bits per heavy atom. The number of aliphatic imine (C=N–C) groups is 1. The van der Waals surface area contributed by atoms with Gasteiger partial charge in [0.1, 0.15) is 5.01 Å². The zero-order valence-electron chi connectivity index (χ0n) is 13.1. The molecule has 0 radical (unpaired) electrons. The Kier molecular flexibility index (Phi) is 5.46. The van der Waals surface area contributed by atoms with E-state index in [2.05, 4.69) is 54.8 Å². The minimum Gasteiger partial charge on any atom is -0.350 e. The zero-order chi connectivity index (χ0) is 14.3. The SMILES string of the molecule is CN=C(NCc1ncc(C)s1)N1CC(C)(C)C1(C)C.I. The summed E-state index contributed by atoms with van der Waals surface area (Å²) < 4.78 is 0. The molecule has 0 spiro atoms. The molecule has 1 aromatic heterocycles. The van der Waals surface area contributed by atoms with Crippen LogP contribution in [0.5, 0.6) is 0 Å². The van der Waals surface area contributed by atoms with Crippen LogP contribution in [0.25, 0.3) is 0 Å². The van der Waals surface area contributed by atoms with Gasteiger partial charge in [0, 0.05) is 35.6 Å². The number of guanidine groups is 1. The van der Waals surface area contributed by atoms with Crippen molar-refractivity contribution in [3.8, 4) is 0 Å². The minimum absolute atomic E-state index is 0. The van der Waals surface area contributed by atoms with Gasteiger partial charge in [-0.15, -0.1) is 35.3 Å². The van der Waals surface area contributed by atoms with Crippen LogP contribution < -0.4 is 5.32 Å². The van der Waals surface area contributed by atoms with Gasteiger partial charge in [-0.2, -0.15) is 0 Å². The molecule has 20 heavy (non-hydrogen) atoms. The summed E-state index contributed by atoms with van der Waals surface area (Å²) in [6.45, 7) is 13.0. The van der Waals surface area contributed by atoms with Crippen LogP contribution in [0.3, 0.4) is 0 Å². The van der Waals surface area contributed by atoms with E-state index in [1.807, 2.05) is 13.2 Å². The fourth-order valence-corrected chi connectivity index (χ4v) is 3.06. The molecule has 1 saturated heterocycles. The van der Waals surface area contributed by atoms with Crippen molar-refractivity contribution in [2.45, 2.75) is 46.7 Å². The smallest absolute Gasteiger partial charge is 0.194 e. The van der Waals surface area contributed by atoms with Crippen LogP contribution in [0.2, 0.25) is 0 Å². The van der Waals surface area contributed by atoms with E-state index in [1.165, 1.54) is 4.88 Å². The van der Waals surface area contributed by atoms with E-state index in [4.69, 9.17) is 0 Å². The molecule has 0 atom stereocenters. The van der Waals surface area contributed by atoms with E-state index in [1.54, 1.807) is 11.3 Å². The Hall–Kier alpha value is -0.370. The third kappa shape index (κ3) is 3.10. The van der Waals surface area contributed by atoms with Crippen molar-refractivity contribution in [3.05, 3.63) is 16.1 Å². The van der Waals surface area contributed by atoms with Crippen LogP contribution >= 0.6 is 35.3 Å². The fraction of sp³-hybridized carbons (Fsp3) is 0.714. The second-order valence-electron chi connectivity index (χ2n) is 6.29. The lowest BCUT2D eigenvalue weighted by molar-refractivity contribution is -0.0667. The average molecular weight is 408 g/mol. The molecule has 0 saturated carbocycles. The van der Waals surface area contributed by atoms with E-state index in [0.717, 1.165) is 24.1 Å². The third-order valence-electron chi connectivity index (χ3n) is 4.42. The van der Waals surface area contributed by atoms with Crippen molar-refractivity contribution in [3.63, 3.8) is 0 Å². The molecule has 0 aromatic carbocycles. The van der Waals surface area contributed by atoms with Crippen molar-refractivity contribution in [2.24, 2.45) is 10.4 Å². The predicted molar refractivity (Wildman–Crippen MR) is 97.0 cm³/mol. The maximum absolute atomic E-state index is 4.40. The number of aromatic nitrogens is 1. The van der Waals surface area contributed by atoms with Gasteiger partial charge in [-0.25, -0.2) is 4.98 Å². The Morgan fingerprint density at radius 2 is 2.10 bits per heavy atom. The van der Waals surface area contributed by atoms with Crippen molar-refractivity contribution in [1.29, 1.82) is 0 Å². The molecule has 1 fully saturated rings. The van der Waals surface area contributed by atoms with Gasteiger partial charge in [-0.3, -0.25) is 4.99 Å². The summed E-state index contributed by atoms with van der Waals surface area (Å²) in [4.78, 5) is 12.4. The highest BCUT2D eigenvalue weighted by Gasteiger charge is 2.53. The van der Waals surface area contributed by atoms with Gasteiger partial charge in [0.25, 0.3) is 0 Å². The molecule has 0 aliphatic carbocycles. The standard InChI is InChI=1S/C14H24N4S.HI/c1-10-7-16-11(19-10)8-17-12(15-6)18-9-13(2,3)14(18,4)5;/h7H,8-9H2,1-6H3,(H,15,17);1H. The Morgan fingerprint density at radius 1 is 1.45 bits per heavy atom. The van der Waals surface area contributed by atoms with Gasteiger partial charge in [0.2, 0.25) is 0 Å². The van der Waals surface area contributed by atoms with E-state index in [0.29, 0.717) is 5.41 Å². The summed E-state index contributed by atoms with van der Waals surface area (Å²) in [6, 6.07) is 0. The maximum atomic E-state index is 4.40. The first-order valence-corrected chi connectivity index (χ1v) is 7.49. The molecule has 0 bridgehead atoms. The summed E-state index contributed by atoms with van der Waals surface area (Å²) in [7, 11) is 1.84. The van der Waals surface area contributed by atoms with Gasteiger partial charge in [-0.1, -0.05) is 13.8 Å². The molecular formula is C14H25IN4S. The van der Waals surface area contributed by atoms with Crippen molar-refractivity contribution >= 4 is 41.3 Å². The van der Waals surface area contributed by atoms with Crippen LogP contribution in [0.1, 0.15) is 37.6 Å². The monoisotopic (exact) mass is 408 g/mol. The lowest BCUT2D eigenvalue weighted by atomic mass is 9.65. The molecule has 1 aromatic rings. The van der Waals surface area contributed by atoms with Crippen molar-refractivity contribution in [2.75, 3.05) is 13.6 Å². The first-order valence-electron chi connectivity index (χ1n) is 6.67. The molecule has 2 rings (SSSR count). The summed E-state index contributed by atoms with van der Waals surface area (Å²) in [6.07, 6.45) is 1.92. The molecule has 0 unspecified atom stereocenters. The molecule has 114 valence electrons. The van der Waals surface area contributed by atoms with Gasteiger partial charge < -0.3 is 10.2 Å². The number of thiazole rings is 1. The highest BCUT2D eigenvalue weighted by atomic mass is 127. The number of aryl methyl sites for hydroxylation is 1. The molecule has 1 N–H and O–H groups in total. The number of rotatable bonds is 2. The highest BCUT2D eigenvalue weighted by Crippen LogP contribution is 2.46. The Balaban J connectivity index is 0.00000200. The fourth-order valence-electron chi connectivity index (χ4n) is 2.33. The topological polar surface area (TPSA) is 40.5 Å². The first-order chi connectivity index (χ1) is 8.78. The largest absolute Gasteiger partial charge is 0.350 e. The molecule has 6 heteroatoms. The minimum atomic E-state index is 0. The molecule has 4 nitrogen and oxygen atoms in total. The third-order valence-corrected chi connectivity index (χ3v) is 5.33. The maximum Gasteiger partial charge on any atom is 0.194 e. The Bertz CT molecular complexity index is 493. The molecule has 1 aliphatic heterocycles. The Labute approximate surface area is 143 Å². The number of likely N-dealkylation sites (tertiary alicyclic amines) is 1.